The number of β-amino-alcohol motifs (C(OH)–C–C–N with tert-alkyl or cyclic N) is 1. The summed E-state index contributed by atoms with van der Waals surface area (Å²) >= 11 is 0. The number of anilines is 2. The van der Waals surface area contributed by atoms with E-state index in [1.165, 1.54) is 31.6 Å². The van der Waals surface area contributed by atoms with Gasteiger partial charge >= 0.3 is 0 Å². The molecule has 5 rings (SSSR count). The topological polar surface area (TPSA) is 142 Å². The minimum absolute atomic E-state index is 0.0256. The smallest absolute Gasteiger partial charge is 0.237 e. The molecule has 2 aromatic heterocycles. The molecular weight excluding hydrogens is 580 g/mol. The second-order valence-electron chi connectivity index (χ2n) is 10.3. The molecule has 11 nitrogen and oxygen atoms in total. The number of carbonyl (C=O) groups excluding carboxylic acids is 1. The average molecular weight is 614 g/mol. The van der Waals surface area contributed by atoms with Gasteiger partial charge in [-0.3, -0.25) is 9.20 Å². The van der Waals surface area contributed by atoms with Gasteiger partial charge in [-0.25, -0.2) is 22.9 Å². The molecule has 0 aliphatic carbocycles. The Kier molecular flexibility index (Phi) is 8.89. The number of methoxy groups -OCH3 is 1. The number of imidazole rings is 1. The number of fused-ring (bicyclic) bond motifs is 1. The van der Waals surface area contributed by atoms with Gasteiger partial charge in [-0.1, -0.05) is 0 Å². The number of aryl methyl sites for hydroxylation is 1. The van der Waals surface area contributed by atoms with Gasteiger partial charge in [0, 0.05) is 43.0 Å². The van der Waals surface area contributed by atoms with Gasteiger partial charge in [0.1, 0.15) is 0 Å². The molecule has 1 aliphatic rings. The number of rotatable bonds is 10. The third kappa shape index (κ3) is 6.45. The van der Waals surface area contributed by atoms with Crippen molar-refractivity contribution in [3.63, 3.8) is 0 Å². The first-order valence-corrected chi connectivity index (χ1v) is 15.6. The van der Waals surface area contributed by atoms with Crippen molar-refractivity contribution in [2.45, 2.75) is 36.8 Å². The lowest BCUT2D eigenvalue weighted by molar-refractivity contribution is -0.122. The molecule has 43 heavy (non-hydrogen) atoms. The Labute approximate surface area is 247 Å². The summed E-state index contributed by atoms with van der Waals surface area (Å²) in [7, 11) is -1.43. The molecule has 3 unspecified atom stereocenters. The number of hydrogen-bond acceptors (Lipinski definition) is 9. The van der Waals surface area contributed by atoms with E-state index in [0.29, 0.717) is 60.2 Å². The van der Waals surface area contributed by atoms with Crippen molar-refractivity contribution >= 4 is 32.8 Å². The summed E-state index contributed by atoms with van der Waals surface area (Å²) in [6.07, 6.45) is 6.56. The molecule has 228 valence electrons. The molecule has 2 aromatic carbocycles. The van der Waals surface area contributed by atoms with Crippen LogP contribution >= 0.6 is 0 Å². The van der Waals surface area contributed by atoms with E-state index in [9.17, 15) is 22.9 Å². The van der Waals surface area contributed by atoms with Crippen molar-refractivity contribution in [3.8, 4) is 17.0 Å². The molecule has 0 saturated carbocycles. The number of amides is 1. The van der Waals surface area contributed by atoms with Crippen LogP contribution in [0.4, 0.5) is 20.3 Å². The normalized spacial score (nSPS) is 17.9. The summed E-state index contributed by atoms with van der Waals surface area (Å²) in [5.41, 5.74) is 2.18. The minimum atomic E-state index is -2.70. The van der Waals surface area contributed by atoms with E-state index in [0.717, 1.165) is 5.56 Å². The van der Waals surface area contributed by atoms with Gasteiger partial charge in [0.05, 0.1) is 52.3 Å². The van der Waals surface area contributed by atoms with Gasteiger partial charge < -0.3 is 25.8 Å². The lowest BCUT2D eigenvalue weighted by Gasteiger charge is -2.13. The van der Waals surface area contributed by atoms with Gasteiger partial charge in [0.25, 0.3) is 0 Å². The largest absolute Gasteiger partial charge is 0.494 e. The zero-order chi connectivity index (χ0) is 30.7. The number of aliphatic hydroxyl groups is 1. The van der Waals surface area contributed by atoms with Crippen LogP contribution in [0.2, 0.25) is 0 Å². The second-order valence-corrected chi connectivity index (χ2v) is 12.6. The number of carbonyl (C=O) groups is 1. The maximum Gasteiger partial charge on any atom is 0.237 e. The number of ether oxygens (including phenoxy) is 1. The van der Waals surface area contributed by atoms with E-state index in [2.05, 4.69) is 30.3 Å². The van der Waals surface area contributed by atoms with Crippen LogP contribution in [0.5, 0.6) is 5.75 Å². The lowest BCUT2D eigenvalue weighted by Crippen LogP contribution is -2.40. The quantitative estimate of drug-likeness (QED) is 0.200. The number of hydrogen-bond donors (Lipinski definition) is 4. The molecule has 1 saturated heterocycles. The molecule has 0 spiro atoms. The van der Waals surface area contributed by atoms with E-state index in [-0.39, 0.29) is 17.2 Å². The van der Waals surface area contributed by atoms with Crippen LogP contribution in [-0.2, 0) is 14.5 Å². The summed E-state index contributed by atoms with van der Waals surface area (Å²) in [6.45, 7) is 2.94. The molecule has 3 heterocycles. The fraction of sp³-hybridized carbons (Fsp3) is 0.345. The van der Waals surface area contributed by atoms with Crippen molar-refractivity contribution in [1.29, 1.82) is 0 Å². The van der Waals surface area contributed by atoms with Crippen LogP contribution in [0.25, 0.3) is 16.9 Å². The first-order valence-electron chi connectivity index (χ1n) is 13.7. The molecule has 1 amide bonds. The number of benzene rings is 2. The highest BCUT2D eigenvalue weighted by Crippen LogP contribution is 2.32. The van der Waals surface area contributed by atoms with Crippen LogP contribution < -0.4 is 20.7 Å². The van der Waals surface area contributed by atoms with Crippen molar-refractivity contribution in [2.75, 3.05) is 38.3 Å². The average Bonchev–Trinajstić information content (AvgIpc) is 3.61. The van der Waals surface area contributed by atoms with Crippen molar-refractivity contribution in [3.05, 3.63) is 66.1 Å². The molecule has 0 radical (unpaired) electrons. The van der Waals surface area contributed by atoms with E-state index < -0.39 is 33.5 Å². The Balaban J connectivity index is 1.27. The summed E-state index contributed by atoms with van der Waals surface area (Å²) < 4.78 is 53.5. The Morgan fingerprint density at radius 3 is 2.79 bits per heavy atom. The van der Waals surface area contributed by atoms with Gasteiger partial charge in [-0.05, 0) is 55.7 Å². The zero-order valence-corrected chi connectivity index (χ0v) is 24.8. The van der Waals surface area contributed by atoms with Crippen molar-refractivity contribution in [2.24, 2.45) is 4.36 Å². The molecule has 14 heteroatoms. The number of aromatic nitrogens is 3. The van der Waals surface area contributed by atoms with E-state index >= 15 is 0 Å². The lowest BCUT2D eigenvalue weighted by atomic mass is 10.1. The van der Waals surface area contributed by atoms with Crippen LogP contribution in [0.1, 0.15) is 18.4 Å². The molecule has 4 N–H and O–H groups in total. The third-order valence-corrected chi connectivity index (χ3v) is 9.16. The number of nitrogens with zero attached hydrogens (tertiary/aromatic N) is 4. The first-order chi connectivity index (χ1) is 20.6. The predicted octanol–water partition coefficient (Wildman–Crippen LogP) is 3.42. The Morgan fingerprint density at radius 1 is 1.26 bits per heavy atom. The third-order valence-electron chi connectivity index (χ3n) is 7.21. The fourth-order valence-corrected chi connectivity index (χ4v) is 6.62. The summed E-state index contributed by atoms with van der Waals surface area (Å²) in [5.74, 6) is -2.08. The number of nitrogens with one attached hydrogen (secondary N) is 3. The predicted molar refractivity (Wildman–Crippen MR) is 159 cm³/mol. The maximum absolute atomic E-state index is 14.8. The number of aliphatic hydroxyl groups excluding tert-OH is 1. The fourth-order valence-electron chi connectivity index (χ4n) is 5.02. The Morgan fingerprint density at radius 2 is 2.07 bits per heavy atom. The highest BCUT2D eigenvalue weighted by Gasteiger charge is 2.27. The molecule has 1 aliphatic heterocycles. The summed E-state index contributed by atoms with van der Waals surface area (Å²) in [6, 6.07) is 7.73. The second kappa shape index (κ2) is 12.6. The van der Waals surface area contributed by atoms with Crippen molar-refractivity contribution in [1.82, 2.24) is 25.0 Å². The van der Waals surface area contributed by atoms with Crippen LogP contribution in [0.15, 0.2) is 58.2 Å². The zero-order valence-electron chi connectivity index (χ0n) is 23.9. The monoisotopic (exact) mass is 613 g/mol. The van der Waals surface area contributed by atoms with Crippen molar-refractivity contribution < 1.29 is 27.6 Å². The first kappa shape index (κ1) is 30.3. The standard InChI is InChI=1S/C29H33F2N7O4S/c1-17-13-18(5-8-24(17)43(3,41)36-10-4-9-33-29(40)21-14-19(39)15-34-21)37-27-28-35-16-22(38(28)12-11-32-27)20-6-7-23(42-2)26(31)25(20)30/h5-8,11-13,16,19,21,34,39H,4,9-10,14-15H2,1-3H3,(H,32,37)(H,33,40). The molecule has 4 aromatic rings. The van der Waals surface area contributed by atoms with Gasteiger partial charge in [0.2, 0.25) is 11.7 Å². The minimum Gasteiger partial charge on any atom is -0.494 e. The Bertz CT molecular complexity index is 1790. The SMILES string of the molecule is COc1ccc(-c2cnc3c(Nc4ccc(S(C)(=O)=NCCCNC(=O)C5CC(O)CN5)c(C)c4)nccn23)c(F)c1F. The van der Waals surface area contributed by atoms with E-state index in [1.807, 2.05) is 13.0 Å². The summed E-state index contributed by atoms with van der Waals surface area (Å²) in [4.78, 5) is 21.5. The van der Waals surface area contributed by atoms with Gasteiger partial charge in [-0.2, -0.15) is 4.39 Å². The summed E-state index contributed by atoms with van der Waals surface area (Å²) in [5, 5.41) is 18.5. The molecule has 1 fully saturated rings. The molecular formula is C29H33F2N7O4S. The number of halogens is 2. The van der Waals surface area contributed by atoms with Crippen LogP contribution in [0, 0.1) is 18.6 Å². The van der Waals surface area contributed by atoms with E-state index in [4.69, 9.17) is 4.74 Å². The maximum atomic E-state index is 14.8. The van der Waals surface area contributed by atoms with Crippen LogP contribution in [0.3, 0.4) is 0 Å². The van der Waals surface area contributed by atoms with Crippen LogP contribution in [-0.4, -0.2) is 74.7 Å². The molecule has 0 bridgehead atoms. The van der Waals surface area contributed by atoms with Gasteiger partial charge in [-0.15, -0.1) is 0 Å². The Hall–Kier alpha value is -4.14. The highest BCUT2D eigenvalue weighted by atomic mass is 32.2. The molecule has 3 atom stereocenters. The highest BCUT2D eigenvalue weighted by molar-refractivity contribution is 7.93. The van der Waals surface area contributed by atoms with E-state index in [1.54, 1.807) is 29.0 Å². The van der Waals surface area contributed by atoms with Gasteiger partial charge in [0.15, 0.2) is 23.0 Å².